The van der Waals surface area contributed by atoms with Gasteiger partial charge in [0.1, 0.15) is 5.75 Å². The normalized spacial score (nSPS) is 15.5. The fourth-order valence-electron chi connectivity index (χ4n) is 4.00. The second kappa shape index (κ2) is 8.55. The number of para-hydroxylation sites is 1. The zero-order valence-corrected chi connectivity index (χ0v) is 18.0. The van der Waals surface area contributed by atoms with Gasteiger partial charge in [-0.15, -0.1) is 0 Å². The number of amides is 1. The number of carbonyl (C=O) groups excluding carboxylic acids is 1. The second-order valence-corrected chi connectivity index (χ2v) is 9.52. The molecular weight excluding hydrogens is 388 g/mol. The number of sulfonamides is 1. The lowest BCUT2D eigenvalue weighted by atomic mass is 10.1. The van der Waals surface area contributed by atoms with Crippen molar-refractivity contribution >= 4 is 15.9 Å². The summed E-state index contributed by atoms with van der Waals surface area (Å²) in [5.41, 5.74) is 3.29. The molecule has 1 N–H and O–H groups in total. The van der Waals surface area contributed by atoms with Crippen LogP contribution in [0, 0.1) is 20.8 Å². The first-order chi connectivity index (χ1) is 13.7. The van der Waals surface area contributed by atoms with Gasteiger partial charge in [-0.1, -0.05) is 35.9 Å². The first-order valence-corrected chi connectivity index (χ1v) is 11.3. The van der Waals surface area contributed by atoms with Crippen molar-refractivity contribution in [2.24, 2.45) is 0 Å². The highest BCUT2D eigenvalue weighted by Gasteiger charge is 2.32. The number of aromatic hydroxyl groups is 1. The van der Waals surface area contributed by atoms with Gasteiger partial charge >= 0.3 is 0 Å². The van der Waals surface area contributed by atoms with Gasteiger partial charge in [-0.3, -0.25) is 4.79 Å². The summed E-state index contributed by atoms with van der Waals surface area (Å²) in [7, 11) is -3.59. The van der Waals surface area contributed by atoms with Crippen molar-refractivity contribution in [2.75, 3.05) is 26.2 Å². The molecule has 1 fully saturated rings. The molecule has 0 bridgehead atoms. The molecular formula is C22H28N2O4S. The van der Waals surface area contributed by atoms with Crippen LogP contribution in [0.5, 0.6) is 5.75 Å². The fraction of sp³-hybridized carbons (Fsp3) is 0.409. The summed E-state index contributed by atoms with van der Waals surface area (Å²) in [5, 5.41) is 9.83. The predicted molar refractivity (Wildman–Crippen MR) is 112 cm³/mol. The lowest BCUT2D eigenvalue weighted by Crippen LogP contribution is -2.50. The van der Waals surface area contributed by atoms with E-state index in [-0.39, 0.29) is 24.7 Å². The molecule has 2 aromatic carbocycles. The summed E-state index contributed by atoms with van der Waals surface area (Å²) in [6.45, 7) is 6.94. The first kappa shape index (κ1) is 21.3. The number of nitrogens with zero attached hydrogens (tertiary/aromatic N) is 2. The number of hydrogen-bond donors (Lipinski definition) is 1. The quantitative estimate of drug-likeness (QED) is 0.813. The van der Waals surface area contributed by atoms with Crippen LogP contribution in [0.3, 0.4) is 0 Å². The highest BCUT2D eigenvalue weighted by atomic mass is 32.2. The van der Waals surface area contributed by atoms with Crippen molar-refractivity contribution < 1.29 is 18.3 Å². The fourth-order valence-corrected chi connectivity index (χ4v) is 5.84. The van der Waals surface area contributed by atoms with E-state index in [0.29, 0.717) is 30.8 Å². The molecule has 0 spiro atoms. The van der Waals surface area contributed by atoms with E-state index in [0.717, 1.165) is 22.3 Å². The average molecular weight is 417 g/mol. The molecule has 0 saturated carbocycles. The molecule has 1 aliphatic heterocycles. The van der Waals surface area contributed by atoms with Crippen molar-refractivity contribution in [1.82, 2.24) is 9.21 Å². The Morgan fingerprint density at radius 1 is 1.00 bits per heavy atom. The molecule has 0 atom stereocenters. The number of rotatable bonds is 5. The van der Waals surface area contributed by atoms with E-state index in [4.69, 9.17) is 0 Å². The maximum absolute atomic E-state index is 13.2. The first-order valence-electron chi connectivity index (χ1n) is 9.83. The Kier molecular flexibility index (Phi) is 6.29. The number of hydrogen-bond acceptors (Lipinski definition) is 4. The summed E-state index contributed by atoms with van der Waals surface area (Å²) in [5.74, 6) is 0.174. The van der Waals surface area contributed by atoms with Crippen molar-refractivity contribution in [3.05, 3.63) is 58.7 Å². The van der Waals surface area contributed by atoms with Crippen molar-refractivity contribution in [3.8, 4) is 5.75 Å². The Morgan fingerprint density at radius 2 is 1.59 bits per heavy atom. The summed E-state index contributed by atoms with van der Waals surface area (Å²) in [6, 6.07) is 10.8. The standard InChI is InChI=1S/C22H28N2O4S/c1-16-14-17(2)22(18(3)15-16)29(27,28)24-12-10-23(11-13-24)21(26)9-8-19-6-4-5-7-20(19)25/h4-7,14-15,25H,8-13H2,1-3H3. The van der Waals surface area contributed by atoms with Crippen LogP contribution >= 0.6 is 0 Å². The van der Waals surface area contributed by atoms with Crippen LogP contribution < -0.4 is 0 Å². The molecule has 7 heteroatoms. The topological polar surface area (TPSA) is 77.9 Å². The molecule has 1 heterocycles. The maximum Gasteiger partial charge on any atom is 0.243 e. The van der Waals surface area contributed by atoms with Gasteiger partial charge in [0.2, 0.25) is 15.9 Å². The summed E-state index contributed by atoms with van der Waals surface area (Å²) >= 11 is 0. The van der Waals surface area contributed by atoms with Crippen LogP contribution in [0.25, 0.3) is 0 Å². The third-order valence-electron chi connectivity index (χ3n) is 5.39. The van der Waals surface area contributed by atoms with Crippen molar-refractivity contribution in [1.29, 1.82) is 0 Å². The van der Waals surface area contributed by atoms with E-state index >= 15 is 0 Å². The van der Waals surface area contributed by atoms with E-state index in [9.17, 15) is 18.3 Å². The summed E-state index contributed by atoms with van der Waals surface area (Å²) in [6.07, 6.45) is 0.756. The maximum atomic E-state index is 13.2. The van der Waals surface area contributed by atoms with Crippen molar-refractivity contribution in [3.63, 3.8) is 0 Å². The Labute approximate surface area is 172 Å². The molecule has 6 nitrogen and oxygen atoms in total. The van der Waals surface area contributed by atoms with Crippen LogP contribution in [0.1, 0.15) is 28.7 Å². The zero-order chi connectivity index (χ0) is 21.2. The van der Waals surface area contributed by atoms with E-state index in [1.165, 1.54) is 4.31 Å². The highest BCUT2D eigenvalue weighted by Crippen LogP contribution is 2.26. The van der Waals surface area contributed by atoms with Crippen LogP contribution in [-0.4, -0.2) is 54.8 Å². The Morgan fingerprint density at radius 3 is 2.17 bits per heavy atom. The Hall–Kier alpha value is -2.38. The van der Waals surface area contributed by atoms with Gasteiger partial charge in [-0.25, -0.2) is 8.42 Å². The molecule has 0 aromatic heterocycles. The Balaban J connectivity index is 1.63. The summed E-state index contributed by atoms with van der Waals surface area (Å²) < 4.78 is 27.8. The molecule has 0 radical (unpaired) electrons. The number of phenolic OH excluding ortho intramolecular Hbond substituents is 1. The lowest BCUT2D eigenvalue weighted by Gasteiger charge is -2.34. The van der Waals surface area contributed by atoms with Gasteiger partial charge < -0.3 is 10.0 Å². The average Bonchev–Trinajstić information content (AvgIpc) is 2.66. The van der Waals surface area contributed by atoms with Gasteiger partial charge in [-0.05, 0) is 49.9 Å². The number of benzene rings is 2. The van der Waals surface area contributed by atoms with Crippen molar-refractivity contribution in [2.45, 2.75) is 38.5 Å². The predicted octanol–water partition coefficient (Wildman–Crippen LogP) is 2.78. The Bertz CT molecular complexity index is 986. The third-order valence-corrected chi connectivity index (χ3v) is 7.60. The minimum atomic E-state index is -3.59. The molecule has 1 aliphatic rings. The highest BCUT2D eigenvalue weighted by molar-refractivity contribution is 7.89. The smallest absolute Gasteiger partial charge is 0.243 e. The minimum Gasteiger partial charge on any atom is -0.508 e. The largest absolute Gasteiger partial charge is 0.508 e. The van der Waals surface area contributed by atoms with Crippen LogP contribution in [0.2, 0.25) is 0 Å². The SMILES string of the molecule is Cc1cc(C)c(S(=O)(=O)N2CCN(C(=O)CCc3ccccc3O)CC2)c(C)c1. The van der Waals surface area contributed by atoms with Gasteiger partial charge in [0.25, 0.3) is 0 Å². The van der Waals surface area contributed by atoms with Crippen LogP contribution in [0.4, 0.5) is 0 Å². The van der Waals surface area contributed by atoms with E-state index in [1.54, 1.807) is 23.1 Å². The van der Waals surface area contributed by atoms with Crippen LogP contribution in [-0.2, 0) is 21.2 Å². The molecule has 1 amide bonds. The third kappa shape index (κ3) is 4.62. The van der Waals surface area contributed by atoms with E-state index in [1.807, 2.05) is 39.0 Å². The minimum absolute atomic E-state index is 0.0204. The van der Waals surface area contributed by atoms with Gasteiger partial charge in [0, 0.05) is 32.6 Å². The number of phenols is 1. The number of carbonyl (C=O) groups is 1. The van der Waals surface area contributed by atoms with Gasteiger partial charge in [0.05, 0.1) is 4.90 Å². The second-order valence-electron chi connectivity index (χ2n) is 7.64. The number of aryl methyl sites for hydroxylation is 4. The molecule has 3 rings (SSSR count). The van der Waals surface area contributed by atoms with Crippen LogP contribution in [0.15, 0.2) is 41.3 Å². The molecule has 2 aromatic rings. The molecule has 156 valence electrons. The molecule has 1 saturated heterocycles. The molecule has 0 aliphatic carbocycles. The van der Waals surface area contributed by atoms with Gasteiger partial charge in [-0.2, -0.15) is 4.31 Å². The molecule has 29 heavy (non-hydrogen) atoms. The van der Waals surface area contributed by atoms with Gasteiger partial charge in [0.15, 0.2) is 0 Å². The van der Waals surface area contributed by atoms with E-state index in [2.05, 4.69) is 0 Å². The monoisotopic (exact) mass is 416 g/mol. The number of piperazine rings is 1. The lowest BCUT2D eigenvalue weighted by molar-refractivity contribution is -0.132. The molecule has 0 unspecified atom stereocenters. The summed E-state index contributed by atoms with van der Waals surface area (Å²) in [4.78, 5) is 14.6. The zero-order valence-electron chi connectivity index (χ0n) is 17.2. The van der Waals surface area contributed by atoms with E-state index < -0.39 is 10.0 Å².